The Morgan fingerprint density at radius 3 is 2.86 bits per heavy atom. The van der Waals surface area contributed by atoms with Crippen molar-refractivity contribution in [2.75, 3.05) is 19.0 Å². The van der Waals surface area contributed by atoms with Crippen molar-refractivity contribution in [1.82, 2.24) is 9.97 Å². The van der Waals surface area contributed by atoms with Crippen LogP contribution in [0.5, 0.6) is 5.75 Å². The van der Waals surface area contributed by atoms with Crippen LogP contribution in [0, 0.1) is 6.92 Å². The van der Waals surface area contributed by atoms with Crippen molar-refractivity contribution >= 4 is 5.82 Å². The van der Waals surface area contributed by atoms with E-state index in [2.05, 4.69) is 31.3 Å². The summed E-state index contributed by atoms with van der Waals surface area (Å²) in [7, 11) is 1.91. The number of nitrogens with zero attached hydrogens (tertiary/aromatic N) is 2. The van der Waals surface area contributed by atoms with E-state index in [1.807, 2.05) is 19.2 Å². The zero-order chi connectivity index (χ0) is 14.8. The normalized spacial score (nSPS) is 17.0. The monoisotopic (exact) mass is 283 g/mol. The van der Waals surface area contributed by atoms with Crippen LogP contribution in [0.3, 0.4) is 0 Å². The molecule has 1 aliphatic rings. The van der Waals surface area contributed by atoms with Crippen molar-refractivity contribution < 1.29 is 4.74 Å². The molecule has 110 valence electrons. The second kappa shape index (κ2) is 5.72. The third-order valence-electron chi connectivity index (χ3n) is 4.11. The molecular formula is C17H21N3O. The van der Waals surface area contributed by atoms with Crippen molar-refractivity contribution in [3.63, 3.8) is 0 Å². The molecular weight excluding hydrogens is 262 g/mol. The maximum absolute atomic E-state index is 5.74. The van der Waals surface area contributed by atoms with Gasteiger partial charge in [-0.3, -0.25) is 0 Å². The van der Waals surface area contributed by atoms with E-state index in [1.54, 1.807) is 0 Å². The molecule has 4 heteroatoms. The molecule has 4 nitrogen and oxygen atoms in total. The molecule has 1 aliphatic heterocycles. The van der Waals surface area contributed by atoms with Crippen LogP contribution in [0.2, 0.25) is 0 Å². The van der Waals surface area contributed by atoms with Crippen LogP contribution in [-0.2, 0) is 6.42 Å². The van der Waals surface area contributed by atoms with Crippen LogP contribution >= 0.6 is 0 Å². The molecule has 1 atom stereocenters. The van der Waals surface area contributed by atoms with E-state index in [4.69, 9.17) is 14.7 Å². The van der Waals surface area contributed by atoms with E-state index in [0.29, 0.717) is 0 Å². The van der Waals surface area contributed by atoms with Gasteiger partial charge in [-0.05, 0) is 25.8 Å². The highest BCUT2D eigenvalue weighted by Crippen LogP contribution is 2.37. The zero-order valence-corrected chi connectivity index (χ0v) is 12.8. The van der Waals surface area contributed by atoms with Crippen LogP contribution in [0.1, 0.15) is 41.9 Å². The lowest BCUT2D eigenvalue weighted by atomic mass is 9.92. The molecule has 0 bridgehead atoms. The van der Waals surface area contributed by atoms with Gasteiger partial charge in [0.1, 0.15) is 17.4 Å². The van der Waals surface area contributed by atoms with Gasteiger partial charge in [-0.1, -0.05) is 25.1 Å². The highest BCUT2D eigenvalue weighted by Gasteiger charge is 2.26. The Morgan fingerprint density at radius 1 is 1.29 bits per heavy atom. The summed E-state index contributed by atoms with van der Waals surface area (Å²) >= 11 is 0. The first-order chi connectivity index (χ1) is 10.2. The third-order valence-corrected chi connectivity index (χ3v) is 4.11. The Kier molecular flexibility index (Phi) is 3.78. The molecule has 0 saturated carbocycles. The number of benzene rings is 1. The van der Waals surface area contributed by atoms with Gasteiger partial charge in [0, 0.05) is 23.9 Å². The Morgan fingerprint density at radius 2 is 2.10 bits per heavy atom. The van der Waals surface area contributed by atoms with E-state index >= 15 is 0 Å². The van der Waals surface area contributed by atoms with Gasteiger partial charge in [0.25, 0.3) is 0 Å². The summed E-state index contributed by atoms with van der Waals surface area (Å²) < 4.78 is 5.74. The lowest BCUT2D eigenvalue weighted by Crippen LogP contribution is -2.19. The molecule has 0 aliphatic carbocycles. The van der Waals surface area contributed by atoms with Crippen molar-refractivity contribution in [2.45, 2.75) is 32.6 Å². The molecule has 0 fully saturated rings. The number of rotatable bonds is 3. The number of nitrogens with one attached hydrogen (secondary N) is 1. The largest absolute Gasteiger partial charge is 0.493 e. The minimum absolute atomic E-state index is 0.216. The molecule has 0 spiro atoms. The highest BCUT2D eigenvalue weighted by molar-refractivity contribution is 5.47. The average molecular weight is 283 g/mol. The van der Waals surface area contributed by atoms with Gasteiger partial charge < -0.3 is 10.1 Å². The fourth-order valence-corrected chi connectivity index (χ4v) is 2.94. The van der Waals surface area contributed by atoms with E-state index in [0.717, 1.165) is 48.1 Å². The van der Waals surface area contributed by atoms with Gasteiger partial charge in [-0.2, -0.15) is 0 Å². The molecule has 21 heavy (non-hydrogen) atoms. The van der Waals surface area contributed by atoms with Crippen LogP contribution in [-0.4, -0.2) is 23.6 Å². The number of ether oxygens (including phenoxy) is 1. The summed E-state index contributed by atoms with van der Waals surface area (Å²) in [4.78, 5) is 9.56. The molecule has 3 rings (SSSR count). The number of anilines is 1. The van der Waals surface area contributed by atoms with Crippen molar-refractivity contribution in [1.29, 1.82) is 0 Å². The van der Waals surface area contributed by atoms with Gasteiger partial charge in [0.05, 0.1) is 12.5 Å². The predicted molar refractivity (Wildman–Crippen MR) is 84.1 cm³/mol. The lowest BCUT2D eigenvalue weighted by Gasteiger charge is -2.25. The first-order valence-corrected chi connectivity index (χ1v) is 7.51. The fourth-order valence-electron chi connectivity index (χ4n) is 2.94. The van der Waals surface area contributed by atoms with Crippen molar-refractivity contribution in [3.8, 4) is 5.75 Å². The second-order valence-electron chi connectivity index (χ2n) is 5.33. The van der Waals surface area contributed by atoms with Gasteiger partial charge in [0.15, 0.2) is 0 Å². The fraction of sp³-hybridized carbons (Fsp3) is 0.412. The predicted octanol–water partition coefficient (Wildman–Crippen LogP) is 3.30. The van der Waals surface area contributed by atoms with E-state index in [1.165, 1.54) is 5.56 Å². The molecule has 0 amide bonds. The molecule has 0 saturated heterocycles. The zero-order valence-electron chi connectivity index (χ0n) is 12.8. The van der Waals surface area contributed by atoms with Crippen LogP contribution < -0.4 is 10.1 Å². The summed E-state index contributed by atoms with van der Waals surface area (Å²) in [6.45, 7) is 4.93. The quantitative estimate of drug-likeness (QED) is 0.939. The van der Waals surface area contributed by atoms with Crippen molar-refractivity contribution in [2.24, 2.45) is 0 Å². The first-order valence-electron chi connectivity index (χ1n) is 7.51. The molecule has 1 unspecified atom stereocenters. The van der Waals surface area contributed by atoms with E-state index in [9.17, 15) is 0 Å². The molecule has 2 heterocycles. The molecule has 1 aromatic carbocycles. The molecule has 1 aromatic heterocycles. The molecule has 1 N–H and O–H groups in total. The van der Waals surface area contributed by atoms with Crippen molar-refractivity contribution in [3.05, 3.63) is 46.9 Å². The number of hydrogen-bond acceptors (Lipinski definition) is 4. The smallest absolute Gasteiger partial charge is 0.138 e. The maximum Gasteiger partial charge on any atom is 0.138 e. The number of fused-ring (bicyclic) bond motifs is 1. The van der Waals surface area contributed by atoms with Gasteiger partial charge >= 0.3 is 0 Å². The minimum atomic E-state index is 0.216. The Balaban J connectivity index is 2.09. The van der Waals surface area contributed by atoms with E-state index < -0.39 is 0 Å². The van der Waals surface area contributed by atoms with Crippen LogP contribution in [0.25, 0.3) is 0 Å². The lowest BCUT2D eigenvalue weighted by molar-refractivity contribution is 0.274. The van der Waals surface area contributed by atoms with Gasteiger partial charge in [0.2, 0.25) is 0 Å². The Labute approximate surface area is 125 Å². The topological polar surface area (TPSA) is 47.0 Å². The third kappa shape index (κ3) is 2.46. The van der Waals surface area contributed by atoms with Crippen LogP contribution in [0.15, 0.2) is 24.3 Å². The average Bonchev–Trinajstić information content (AvgIpc) is 2.54. The first kappa shape index (κ1) is 13.9. The summed E-state index contributed by atoms with van der Waals surface area (Å²) in [6.07, 6.45) is 1.84. The van der Waals surface area contributed by atoms with Gasteiger partial charge in [-0.15, -0.1) is 0 Å². The summed E-state index contributed by atoms with van der Waals surface area (Å²) in [5.41, 5.74) is 3.45. The number of aromatic nitrogens is 2. The summed E-state index contributed by atoms with van der Waals surface area (Å²) in [5.74, 6) is 3.01. The second-order valence-corrected chi connectivity index (χ2v) is 5.33. The van der Waals surface area contributed by atoms with Gasteiger partial charge in [-0.25, -0.2) is 9.97 Å². The molecule has 2 aromatic rings. The van der Waals surface area contributed by atoms with Crippen LogP contribution in [0.4, 0.5) is 5.82 Å². The SMILES string of the molecule is CCc1nc(C2CCOc3ccccc32)nc(NC)c1C. The minimum Gasteiger partial charge on any atom is -0.493 e. The van der Waals surface area contributed by atoms with E-state index in [-0.39, 0.29) is 5.92 Å². The highest BCUT2D eigenvalue weighted by atomic mass is 16.5. The maximum atomic E-state index is 5.74. The number of para-hydroxylation sites is 1. The Bertz CT molecular complexity index is 629. The number of aryl methyl sites for hydroxylation is 1. The Hall–Kier alpha value is -2.10. The standard InChI is InChI=1S/C17H21N3O/c1-4-14-11(2)16(18-3)20-17(19-14)13-9-10-21-15-8-6-5-7-12(13)15/h5-8,13H,4,9-10H2,1-3H3,(H,18,19,20). The number of hydrogen-bond donors (Lipinski definition) is 1. The summed E-state index contributed by atoms with van der Waals surface area (Å²) in [5, 5.41) is 3.19. The molecule has 0 radical (unpaired) electrons. The summed E-state index contributed by atoms with van der Waals surface area (Å²) in [6, 6.07) is 8.20.